The summed E-state index contributed by atoms with van der Waals surface area (Å²) in [7, 11) is -3.17. The van der Waals surface area contributed by atoms with Gasteiger partial charge in [0.1, 0.15) is 6.10 Å². The lowest BCUT2D eigenvalue weighted by molar-refractivity contribution is -0.0339. The summed E-state index contributed by atoms with van der Waals surface area (Å²) in [6.45, 7) is 3.11. The van der Waals surface area contributed by atoms with E-state index in [1.807, 2.05) is 0 Å². The largest absolute Gasteiger partial charge is 0.458 e. The average Bonchev–Trinajstić information content (AvgIpc) is 2.90. The van der Waals surface area contributed by atoms with Gasteiger partial charge in [-0.05, 0) is 25.8 Å². The van der Waals surface area contributed by atoms with Gasteiger partial charge in [-0.2, -0.15) is 4.31 Å². The Morgan fingerprint density at radius 1 is 1.45 bits per heavy atom. The molecule has 1 aromatic heterocycles. The highest BCUT2D eigenvalue weighted by molar-refractivity contribution is 7.89. The minimum Gasteiger partial charge on any atom is -0.458 e. The third-order valence-corrected chi connectivity index (χ3v) is 6.08. The minimum atomic E-state index is -3.17. The van der Waals surface area contributed by atoms with E-state index in [2.05, 4.69) is 9.97 Å². The highest BCUT2D eigenvalue weighted by Gasteiger charge is 2.46. The summed E-state index contributed by atoms with van der Waals surface area (Å²) in [5.41, 5.74) is -0.431. The molecular formula is C14H21N3O4S. The molecule has 1 spiro atoms. The van der Waals surface area contributed by atoms with Crippen molar-refractivity contribution < 1.29 is 17.9 Å². The van der Waals surface area contributed by atoms with Crippen molar-refractivity contribution in [2.45, 2.75) is 37.9 Å². The summed E-state index contributed by atoms with van der Waals surface area (Å²) in [6, 6.07) is 2.07. The molecule has 0 bridgehead atoms. The maximum Gasteiger partial charge on any atom is 0.316 e. The van der Waals surface area contributed by atoms with Crippen molar-refractivity contribution in [3.63, 3.8) is 0 Å². The molecule has 122 valence electrons. The van der Waals surface area contributed by atoms with Crippen molar-refractivity contribution in [3.05, 3.63) is 18.5 Å². The molecule has 2 atom stereocenters. The molecule has 0 aromatic carbocycles. The molecular weight excluding hydrogens is 306 g/mol. The van der Waals surface area contributed by atoms with Crippen LogP contribution in [0.15, 0.2) is 18.5 Å². The first kappa shape index (κ1) is 15.6. The van der Waals surface area contributed by atoms with Gasteiger partial charge in [0.15, 0.2) is 0 Å². The van der Waals surface area contributed by atoms with Gasteiger partial charge in [-0.25, -0.2) is 18.4 Å². The molecule has 0 N–H and O–H groups in total. The van der Waals surface area contributed by atoms with Crippen LogP contribution in [0.25, 0.3) is 0 Å². The molecule has 2 fully saturated rings. The van der Waals surface area contributed by atoms with Gasteiger partial charge >= 0.3 is 6.01 Å². The predicted molar refractivity (Wildman–Crippen MR) is 80.0 cm³/mol. The van der Waals surface area contributed by atoms with Crippen LogP contribution in [-0.4, -0.2) is 59.8 Å². The molecule has 0 amide bonds. The smallest absolute Gasteiger partial charge is 0.316 e. The van der Waals surface area contributed by atoms with E-state index >= 15 is 0 Å². The molecule has 0 saturated carbocycles. The van der Waals surface area contributed by atoms with Crippen LogP contribution >= 0.6 is 0 Å². The Kier molecular flexibility index (Phi) is 4.33. The lowest BCUT2D eigenvalue weighted by Crippen LogP contribution is -2.50. The summed E-state index contributed by atoms with van der Waals surface area (Å²) in [6.07, 6.45) is 5.47. The molecule has 8 heteroatoms. The number of hydrogen-bond donors (Lipinski definition) is 0. The van der Waals surface area contributed by atoms with Gasteiger partial charge in [0, 0.05) is 31.9 Å². The fraction of sp³-hybridized carbons (Fsp3) is 0.714. The fourth-order valence-corrected chi connectivity index (χ4v) is 4.34. The van der Waals surface area contributed by atoms with Gasteiger partial charge in [-0.1, -0.05) is 0 Å². The van der Waals surface area contributed by atoms with Crippen molar-refractivity contribution in [3.8, 4) is 6.01 Å². The number of ether oxygens (including phenoxy) is 2. The Labute approximate surface area is 130 Å². The molecule has 0 radical (unpaired) electrons. The normalized spacial score (nSPS) is 29.8. The van der Waals surface area contributed by atoms with Crippen LogP contribution in [0.2, 0.25) is 0 Å². The van der Waals surface area contributed by atoms with Crippen LogP contribution in [0.5, 0.6) is 6.01 Å². The molecule has 2 aliphatic heterocycles. The average molecular weight is 327 g/mol. The van der Waals surface area contributed by atoms with Gasteiger partial charge in [0.05, 0.1) is 18.0 Å². The fourth-order valence-electron chi connectivity index (χ4n) is 3.14. The zero-order valence-electron chi connectivity index (χ0n) is 12.6. The number of piperidine rings is 1. The Hall–Kier alpha value is -1.25. The van der Waals surface area contributed by atoms with E-state index in [-0.39, 0.29) is 11.9 Å². The first-order valence-corrected chi connectivity index (χ1v) is 9.19. The van der Waals surface area contributed by atoms with E-state index < -0.39 is 15.6 Å². The summed E-state index contributed by atoms with van der Waals surface area (Å²) in [5.74, 6) is 0.126. The SMILES string of the molecule is CCS(=O)(=O)N1CCC[C@]2(C[C@H](Oc3ncccn3)CO2)C1. The van der Waals surface area contributed by atoms with E-state index in [9.17, 15) is 8.42 Å². The van der Waals surface area contributed by atoms with Crippen molar-refractivity contribution in [1.29, 1.82) is 0 Å². The number of sulfonamides is 1. The lowest BCUT2D eigenvalue weighted by atomic mass is 9.90. The molecule has 0 aliphatic carbocycles. The van der Waals surface area contributed by atoms with Crippen molar-refractivity contribution in [2.24, 2.45) is 0 Å². The van der Waals surface area contributed by atoms with Crippen molar-refractivity contribution in [1.82, 2.24) is 14.3 Å². The maximum atomic E-state index is 12.1. The van der Waals surface area contributed by atoms with E-state index in [1.54, 1.807) is 29.7 Å². The predicted octanol–water partition coefficient (Wildman–Crippen LogP) is 0.829. The zero-order chi connectivity index (χ0) is 15.6. The summed E-state index contributed by atoms with van der Waals surface area (Å²) < 4.78 is 37.4. The van der Waals surface area contributed by atoms with Crippen LogP contribution < -0.4 is 4.74 Å². The van der Waals surface area contributed by atoms with Crippen LogP contribution in [0, 0.1) is 0 Å². The highest BCUT2D eigenvalue weighted by atomic mass is 32.2. The third kappa shape index (κ3) is 3.23. The molecule has 7 nitrogen and oxygen atoms in total. The summed E-state index contributed by atoms with van der Waals surface area (Å²) >= 11 is 0. The quantitative estimate of drug-likeness (QED) is 0.815. The molecule has 2 saturated heterocycles. The maximum absolute atomic E-state index is 12.1. The Balaban J connectivity index is 1.65. The van der Waals surface area contributed by atoms with E-state index in [4.69, 9.17) is 9.47 Å². The van der Waals surface area contributed by atoms with Gasteiger partial charge in [-0.15, -0.1) is 0 Å². The number of aromatic nitrogens is 2. The number of rotatable bonds is 4. The van der Waals surface area contributed by atoms with Crippen molar-refractivity contribution in [2.75, 3.05) is 25.4 Å². The standard InChI is InChI=1S/C14H21N3O4S/c1-2-22(18,19)17-8-3-5-14(11-17)9-12(10-20-14)21-13-15-6-4-7-16-13/h4,6-7,12H,2-3,5,8-11H2,1H3/t12-,14-/m0/s1. The monoisotopic (exact) mass is 327 g/mol. The van der Waals surface area contributed by atoms with E-state index in [1.165, 1.54) is 0 Å². The van der Waals surface area contributed by atoms with Crippen LogP contribution in [0.3, 0.4) is 0 Å². The van der Waals surface area contributed by atoms with E-state index in [0.29, 0.717) is 32.1 Å². The number of nitrogens with zero attached hydrogens (tertiary/aromatic N) is 3. The zero-order valence-corrected chi connectivity index (χ0v) is 13.5. The Bertz CT molecular complexity index is 610. The first-order valence-electron chi connectivity index (χ1n) is 7.58. The second-order valence-electron chi connectivity index (χ2n) is 5.81. The molecule has 22 heavy (non-hydrogen) atoms. The molecule has 3 heterocycles. The topological polar surface area (TPSA) is 81.6 Å². The van der Waals surface area contributed by atoms with Gasteiger partial charge < -0.3 is 9.47 Å². The third-order valence-electron chi connectivity index (χ3n) is 4.25. The van der Waals surface area contributed by atoms with Gasteiger partial charge in [0.25, 0.3) is 0 Å². The highest BCUT2D eigenvalue weighted by Crippen LogP contribution is 2.36. The number of hydrogen-bond acceptors (Lipinski definition) is 6. The van der Waals surface area contributed by atoms with E-state index in [0.717, 1.165) is 12.8 Å². The molecule has 2 aliphatic rings. The Morgan fingerprint density at radius 3 is 2.95 bits per heavy atom. The van der Waals surface area contributed by atoms with Gasteiger partial charge in [-0.3, -0.25) is 0 Å². The second-order valence-corrected chi connectivity index (χ2v) is 8.06. The van der Waals surface area contributed by atoms with Crippen LogP contribution in [-0.2, 0) is 14.8 Å². The molecule has 0 unspecified atom stereocenters. The Morgan fingerprint density at radius 2 is 2.23 bits per heavy atom. The molecule has 3 rings (SSSR count). The minimum absolute atomic E-state index is 0.126. The summed E-state index contributed by atoms with van der Waals surface area (Å²) in [5, 5.41) is 0. The van der Waals surface area contributed by atoms with Gasteiger partial charge in [0.2, 0.25) is 10.0 Å². The summed E-state index contributed by atoms with van der Waals surface area (Å²) in [4.78, 5) is 8.10. The lowest BCUT2D eigenvalue weighted by Gasteiger charge is -2.38. The molecule has 1 aromatic rings. The van der Waals surface area contributed by atoms with Crippen LogP contribution in [0.4, 0.5) is 0 Å². The first-order chi connectivity index (χ1) is 10.5. The van der Waals surface area contributed by atoms with Crippen LogP contribution in [0.1, 0.15) is 26.2 Å². The second kappa shape index (κ2) is 6.10. The van der Waals surface area contributed by atoms with Crippen molar-refractivity contribution >= 4 is 10.0 Å².